The van der Waals surface area contributed by atoms with Crippen molar-refractivity contribution < 1.29 is 14.3 Å². The first-order valence-electron chi connectivity index (χ1n) is 6.72. The summed E-state index contributed by atoms with van der Waals surface area (Å²) < 4.78 is 10.5. The molecule has 0 aliphatic carbocycles. The van der Waals surface area contributed by atoms with Gasteiger partial charge in [-0.05, 0) is 43.5 Å². The van der Waals surface area contributed by atoms with Crippen molar-refractivity contribution in [1.29, 1.82) is 0 Å². The summed E-state index contributed by atoms with van der Waals surface area (Å²) in [4.78, 5) is 11.1. The van der Waals surface area contributed by atoms with Crippen LogP contribution in [0.2, 0.25) is 0 Å². The van der Waals surface area contributed by atoms with Gasteiger partial charge in [-0.1, -0.05) is 6.42 Å². The second-order valence-corrected chi connectivity index (χ2v) is 4.89. The number of methoxy groups -OCH3 is 2. The van der Waals surface area contributed by atoms with E-state index in [2.05, 4.69) is 5.32 Å². The molecular formula is C15H21NO3. The molecule has 1 aromatic rings. The number of hydrogen-bond acceptors (Lipinski definition) is 4. The molecule has 0 saturated carbocycles. The minimum atomic E-state index is 0.492. The van der Waals surface area contributed by atoms with Crippen molar-refractivity contribution in [1.82, 2.24) is 5.32 Å². The minimum Gasteiger partial charge on any atom is -0.493 e. The maximum atomic E-state index is 11.1. The SMILES string of the molecule is COc1cc(CC2CCCCN2)cc(C=O)c1OC. The van der Waals surface area contributed by atoms with Crippen molar-refractivity contribution in [2.45, 2.75) is 31.7 Å². The molecule has 1 heterocycles. The molecule has 4 nitrogen and oxygen atoms in total. The van der Waals surface area contributed by atoms with Gasteiger partial charge in [0.15, 0.2) is 17.8 Å². The summed E-state index contributed by atoms with van der Waals surface area (Å²) >= 11 is 0. The normalized spacial score (nSPS) is 18.9. The number of carbonyl (C=O) groups excluding carboxylic acids is 1. The Balaban J connectivity index is 2.22. The Bertz CT molecular complexity index is 439. The molecule has 4 heteroatoms. The van der Waals surface area contributed by atoms with E-state index in [0.29, 0.717) is 23.1 Å². The number of hydrogen-bond donors (Lipinski definition) is 1. The average Bonchev–Trinajstić information content (AvgIpc) is 2.47. The molecular weight excluding hydrogens is 242 g/mol. The van der Waals surface area contributed by atoms with Crippen LogP contribution in [-0.4, -0.2) is 33.1 Å². The van der Waals surface area contributed by atoms with E-state index in [0.717, 1.165) is 24.8 Å². The van der Waals surface area contributed by atoms with Gasteiger partial charge in [0, 0.05) is 6.04 Å². The molecule has 1 aromatic carbocycles. The Morgan fingerprint density at radius 3 is 2.74 bits per heavy atom. The molecule has 1 aliphatic rings. The predicted octanol–water partition coefficient (Wildman–Crippen LogP) is 2.20. The lowest BCUT2D eigenvalue weighted by Gasteiger charge is -2.24. The highest BCUT2D eigenvalue weighted by atomic mass is 16.5. The molecule has 0 amide bonds. The van der Waals surface area contributed by atoms with Crippen molar-refractivity contribution in [3.63, 3.8) is 0 Å². The van der Waals surface area contributed by atoms with Crippen molar-refractivity contribution in [2.24, 2.45) is 0 Å². The number of nitrogens with one attached hydrogen (secondary N) is 1. The van der Waals surface area contributed by atoms with Crippen molar-refractivity contribution in [3.05, 3.63) is 23.3 Å². The zero-order valence-electron chi connectivity index (χ0n) is 11.6. The fraction of sp³-hybridized carbons (Fsp3) is 0.533. The Morgan fingerprint density at radius 2 is 2.16 bits per heavy atom. The summed E-state index contributed by atoms with van der Waals surface area (Å²) in [6, 6.07) is 4.35. The molecule has 1 aliphatic heterocycles. The smallest absolute Gasteiger partial charge is 0.171 e. The van der Waals surface area contributed by atoms with Crippen molar-refractivity contribution in [3.8, 4) is 11.5 Å². The van der Waals surface area contributed by atoms with E-state index in [4.69, 9.17) is 9.47 Å². The Morgan fingerprint density at radius 1 is 1.32 bits per heavy atom. The van der Waals surface area contributed by atoms with Gasteiger partial charge in [-0.25, -0.2) is 0 Å². The van der Waals surface area contributed by atoms with Crippen LogP contribution in [-0.2, 0) is 6.42 Å². The lowest BCUT2D eigenvalue weighted by molar-refractivity contribution is 0.112. The summed E-state index contributed by atoms with van der Waals surface area (Å²) in [5, 5.41) is 3.51. The second kappa shape index (κ2) is 6.57. The number of carbonyl (C=O) groups is 1. The fourth-order valence-electron chi connectivity index (χ4n) is 2.64. The summed E-state index contributed by atoms with van der Waals surface area (Å²) in [6.45, 7) is 1.08. The monoisotopic (exact) mass is 263 g/mol. The number of rotatable bonds is 5. The molecule has 104 valence electrons. The van der Waals surface area contributed by atoms with Crippen LogP contribution >= 0.6 is 0 Å². The molecule has 2 rings (SSSR count). The maximum Gasteiger partial charge on any atom is 0.171 e. The molecule has 0 aromatic heterocycles. The quantitative estimate of drug-likeness (QED) is 0.827. The Kier molecular flexibility index (Phi) is 4.80. The second-order valence-electron chi connectivity index (χ2n) is 4.89. The van der Waals surface area contributed by atoms with Crippen LogP contribution in [0.25, 0.3) is 0 Å². The predicted molar refractivity (Wildman–Crippen MR) is 74.3 cm³/mol. The van der Waals surface area contributed by atoms with Crippen LogP contribution in [0.1, 0.15) is 35.2 Å². The Labute approximate surface area is 114 Å². The van der Waals surface area contributed by atoms with Crippen LogP contribution in [0.15, 0.2) is 12.1 Å². The molecule has 19 heavy (non-hydrogen) atoms. The highest BCUT2D eigenvalue weighted by Gasteiger charge is 2.16. The van der Waals surface area contributed by atoms with Gasteiger partial charge < -0.3 is 14.8 Å². The highest BCUT2D eigenvalue weighted by molar-refractivity contribution is 5.81. The number of aldehydes is 1. The molecule has 1 fully saturated rings. The summed E-state index contributed by atoms with van der Waals surface area (Å²) in [6.07, 6.45) is 5.44. The summed E-state index contributed by atoms with van der Waals surface area (Å²) in [5.74, 6) is 1.13. The molecule has 1 unspecified atom stereocenters. The highest BCUT2D eigenvalue weighted by Crippen LogP contribution is 2.32. The van der Waals surface area contributed by atoms with Crippen molar-refractivity contribution in [2.75, 3.05) is 20.8 Å². The van der Waals surface area contributed by atoms with E-state index in [-0.39, 0.29) is 0 Å². The minimum absolute atomic E-state index is 0.492. The lowest BCUT2D eigenvalue weighted by atomic mass is 9.96. The van der Waals surface area contributed by atoms with Gasteiger partial charge in [0.1, 0.15) is 0 Å². The molecule has 1 N–H and O–H groups in total. The van der Waals surface area contributed by atoms with E-state index in [1.165, 1.54) is 19.3 Å². The fourth-order valence-corrected chi connectivity index (χ4v) is 2.64. The van der Waals surface area contributed by atoms with Crippen LogP contribution in [0.3, 0.4) is 0 Å². The third-order valence-electron chi connectivity index (χ3n) is 3.59. The van der Waals surface area contributed by atoms with Gasteiger partial charge >= 0.3 is 0 Å². The van der Waals surface area contributed by atoms with Gasteiger partial charge in [-0.3, -0.25) is 4.79 Å². The van der Waals surface area contributed by atoms with Crippen LogP contribution in [0.4, 0.5) is 0 Å². The first-order valence-corrected chi connectivity index (χ1v) is 6.72. The lowest BCUT2D eigenvalue weighted by Crippen LogP contribution is -2.35. The standard InChI is InChI=1S/C15H21NO3/c1-18-14-9-11(7-12(10-17)15(14)19-2)8-13-5-3-4-6-16-13/h7,9-10,13,16H,3-6,8H2,1-2H3. The van der Waals surface area contributed by atoms with Gasteiger partial charge in [0.25, 0.3) is 0 Å². The number of ether oxygens (including phenoxy) is 2. The van der Waals surface area contributed by atoms with Gasteiger partial charge in [-0.2, -0.15) is 0 Å². The number of piperidine rings is 1. The van der Waals surface area contributed by atoms with Crippen molar-refractivity contribution >= 4 is 6.29 Å². The molecule has 0 bridgehead atoms. The third-order valence-corrected chi connectivity index (χ3v) is 3.59. The number of benzene rings is 1. The molecule has 0 radical (unpaired) electrons. The van der Waals surface area contributed by atoms with E-state index < -0.39 is 0 Å². The van der Waals surface area contributed by atoms with Crippen LogP contribution < -0.4 is 14.8 Å². The Hall–Kier alpha value is -1.55. The maximum absolute atomic E-state index is 11.1. The zero-order valence-corrected chi connectivity index (χ0v) is 11.6. The van der Waals surface area contributed by atoms with E-state index >= 15 is 0 Å². The first-order chi connectivity index (χ1) is 9.28. The molecule has 1 atom stereocenters. The topological polar surface area (TPSA) is 47.6 Å². The van der Waals surface area contributed by atoms with Gasteiger partial charge in [0.05, 0.1) is 19.8 Å². The van der Waals surface area contributed by atoms with Gasteiger partial charge in [-0.15, -0.1) is 0 Å². The molecule has 0 spiro atoms. The van der Waals surface area contributed by atoms with E-state index in [9.17, 15) is 4.79 Å². The summed E-state index contributed by atoms with van der Waals surface area (Å²) in [5.41, 5.74) is 1.66. The van der Waals surface area contributed by atoms with E-state index in [1.807, 2.05) is 12.1 Å². The van der Waals surface area contributed by atoms with E-state index in [1.54, 1.807) is 14.2 Å². The first kappa shape index (κ1) is 13.9. The van der Waals surface area contributed by atoms with Crippen LogP contribution in [0, 0.1) is 0 Å². The third kappa shape index (κ3) is 3.26. The zero-order chi connectivity index (χ0) is 13.7. The average molecular weight is 263 g/mol. The largest absolute Gasteiger partial charge is 0.493 e. The van der Waals surface area contributed by atoms with Gasteiger partial charge in [0.2, 0.25) is 0 Å². The molecule has 1 saturated heterocycles. The summed E-state index contributed by atoms with van der Waals surface area (Å²) in [7, 11) is 3.14. The van der Waals surface area contributed by atoms with Crippen LogP contribution in [0.5, 0.6) is 11.5 Å².